The van der Waals surface area contributed by atoms with Crippen molar-refractivity contribution in [3.8, 4) is 17.0 Å². The SMILES string of the molecule is O=c1c(-c2cc(C(F)(F)F)ccc2Cl)c([O-])[n+](Cc2ccc(Cl)nc2)c2ccccn12. The lowest BCUT2D eigenvalue weighted by Crippen LogP contribution is -2.44. The largest absolute Gasteiger partial charge is 0.842 e. The summed E-state index contributed by atoms with van der Waals surface area (Å²) in [6.07, 6.45) is -1.77. The van der Waals surface area contributed by atoms with Crippen LogP contribution >= 0.6 is 23.2 Å². The molecule has 31 heavy (non-hydrogen) atoms. The first-order valence-electron chi connectivity index (χ1n) is 8.88. The van der Waals surface area contributed by atoms with Crippen LogP contribution in [0.5, 0.6) is 5.88 Å². The number of rotatable bonds is 3. The predicted octanol–water partition coefficient (Wildman–Crippen LogP) is 4.10. The molecule has 0 unspecified atom stereocenters. The first kappa shape index (κ1) is 21.1. The van der Waals surface area contributed by atoms with Gasteiger partial charge in [-0.25, -0.2) is 14.3 Å². The van der Waals surface area contributed by atoms with Crippen LogP contribution in [0.1, 0.15) is 11.1 Å². The number of benzene rings is 1. The van der Waals surface area contributed by atoms with Gasteiger partial charge in [0.05, 0.1) is 17.6 Å². The van der Waals surface area contributed by atoms with Gasteiger partial charge in [-0.15, -0.1) is 0 Å². The van der Waals surface area contributed by atoms with Crippen molar-refractivity contribution in [2.24, 2.45) is 0 Å². The van der Waals surface area contributed by atoms with Crippen molar-refractivity contribution < 1.29 is 22.8 Å². The second-order valence-electron chi connectivity index (χ2n) is 6.68. The summed E-state index contributed by atoms with van der Waals surface area (Å²) in [4.78, 5) is 17.1. The Balaban J connectivity index is 2.02. The van der Waals surface area contributed by atoms with Gasteiger partial charge in [0.15, 0.2) is 0 Å². The number of halogens is 5. The Labute approximate surface area is 183 Å². The molecule has 0 radical (unpaired) electrons. The fourth-order valence-corrected chi connectivity index (χ4v) is 3.56. The highest BCUT2D eigenvalue weighted by molar-refractivity contribution is 6.33. The molecule has 0 fully saturated rings. The molecule has 0 aliphatic heterocycles. The van der Waals surface area contributed by atoms with E-state index in [1.165, 1.54) is 21.4 Å². The minimum atomic E-state index is -4.67. The summed E-state index contributed by atoms with van der Waals surface area (Å²) in [5, 5.41) is 13.5. The zero-order valence-corrected chi connectivity index (χ0v) is 17.0. The highest BCUT2D eigenvalue weighted by Crippen LogP contribution is 2.36. The monoisotopic (exact) mass is 465 g/mol. The summed E-state index contributed by atoms with van der Waals surface area (Å²) in [6.45, 7) is 0.0143. The van der Waals surface area contributed by atoms with Crippen molar-refractivity contribution in [2.75, 3.05) is 0 Å². The van der Waals surface area contributed by atoms with Crippen LogP contribution in [-0.4, -0.2) is 9.38 Å². The molecule has 0 N–H and O–H groups in total. The Bertz CT molecular complexity index is 1350. The van der Waals surface area contributed by atoms with E-state index < -0.39 is 28.7 Å². The van der Waals surface area contributed by atoms with E-state index in [0.717, 1.165) is 12.1 Å². The molecule has 5 nitrogen and oxygen atoms in total. The van der Waals surface area contributed by atoms with Crippen molar-refractivity contribution in [3.05, 3.63) is 92.6 Å². The molecule has 0 aliphatic carbocycles. The van der Waals surface area contributed by atoms with Gasteiger partial charge in [0.2, 0.25) is 0 Å². The molecule has 0 atom stereocenters. The maximum absolute atomic E-state index is 13.4. The Kier molecular flexibility index (Phi) is 5.36. The zero-order chi connectivity index (χ0) is 22.3. The number of hydrogen-bond acceptors (Lipinski definition) is 3. The molecule has 3 aromatic heterocycles. The molecule has 158 valence electrons. The number of aromatic nitrogens is 3. The van der Waals surface area contributed by atoms with Gasteiger partial charge in [0.25, 0.3) is 5.65 Å². The van der Waals surface area contributed by atoms with Gasteiger partial charge in [-0.2, -0.15) is 17.6 Å². The minimum Gasteiger partial charge on any atom is -0.842 e. The molecule has 3 heterocycles. The van der Waals surface area contributed by atoms with Gasteiger partial charge in [0.1, 0.15) is 17.3 Å². The van der Waals surface area contributed by atoms with E-state index in [1.807, 2.05) is 0 Å². The smallest absolute Gasteiger partial charge is 0.416 e. The normalized spacial score (nSPS) is 11.8. The molecule has 4 rings (SSSR count). The third kappa shape index (κ3) is 3.96. The lowest BCUT2D eigenvalue weighted by Gasteiger charge is -2.18. The molecule has 10 heteroatoms. The number of alkyl halides is 3. The topological polar surface area (TPSA) is 61.3 Å². The average Bonchev–Trinajstić information content (AvgIpc) is 2.73. The molecule has 4 aromatic rings. The Morgan fingerprint density at radius 1 is 1.10 bits per heavy atom. The van der Waals surface area contributed by atoms with E-state index in [0.29, 0.717) is 11.6 Å². The maximum atomic E-state index is 13.4. The highest BCUT2D eigenvalue weighted by Gasteiger charge is 2.32. The number of nitrogens with zero attached hydrogens (tertiary/aromatic N) is 3. The molecule has 1 aromatic carbocycles. The Hall–Kier alpha value is -3.10. The Morgan fingerprint density at radius 3 is 2.55 bits per heavy atom. The van der Waals surface area contributed by atoms with Gasteiger partial charge in [-0.3, -0.25) is 0 Å². The van der Waals surface area contributed by atoms with Crippen LogP contribution in [-0.2, 0) is 12.7 Å². The van der Waals surface area contributed by atoms with Gasteiger partial charge >= 0.3 is 11.7 Å². The highest BCUT2D eigenvalue weighted by atomic mass is 35.5. The summed E-state index contributed by atoms with van der Waals surface area (Å²) >= 11 is 11.9. The quantitative estimate of drug-likeness (QED) is 0.338. The van der Waals surface area contributed by atoms with Crippen LogP contribution in [0.15, 0.2) is 65.7 Å². The number of pyridine rings is 2. The van der Waals surface area contributed by atoms with E-state index in [2.05, 4.69) is 4.98 Å². The predicted molar refractivity (Wildman–Crippen MR) is 107 cm³/mol. The standard InChI is InChI=1S/C21H12Cl2F3N3O2/c22-15-6-5-13(21(24,25)26)9-14(15)18-19(30)28-8-2-1-3-17(28)29(20(18)31)11-12-4-7-16(23)27-10-12/h1-10H,11H2. The summed E-state index contributed by atoms with van der Waals surface area (Å²) in [7, 11) is 0. The summed E-state index contributed by atoms with van der Waals surface area (Å²) in [5.41, 5.74) is -1.66. The van der Waals surface area contributed by atoms with E-state index >= 15 is 0 Å². The molecular weight excluding hydrogens is 454 g/mol. The zero-order valence-electron chi connectivity index (χ0n) is 15.5. The first-order valence-corrected chi connectivity index (χ1v) is 9.64. The summed E-state index contributed by atoms with van der Waals surface area (Å²) in [6, 6.07) is 10.5. The van der Waals surface area contributed by atoms with Gasteiger partial charge in [-0.05, 0) is 30.3 Å². The molecule has 0 bridgehead atoms. The van der Waals surface area contributed by atoms with Gasteiger partial charge < -0.3 is 5.11 Å². The van der Waals surface area contributed by atoms with Crippen LogP contribution in [0.3, 0.4) is 0 Å². The van der Waals surface area contributed by atoms with Crippen molar-refractivity contribution in [3.63, 3.8) is 0 Å². The third-order valence-corrected chi connectivity index (χ3v) is 5.25. The second-order valence-corrected chi connectivity index (χ2v) is 7.48. The van der Waals surface area contributed by atoms with Crippen LogP contribution in [0, 0.1) is 0 Å². The third-order valence-electron chi connectivity index (χ3n) is 4.70. The lowest BCUT2D eigenvalue weighted by molar-refractivity contribution is -0.708. The van der Waals surface area contributed by atoms with Crippen molar-refractivity contribution in [1.29, 1.82) is 0 Å². The molecule has 0 saturated heterocycles. The molecule has 0 amide bonds. The minimum absolute atomic E-state index is 0.0143. The fraction of sp³-hybridized carbons (Fsp3) is 0.0952. The molecular formula is C21H12Cl2F3N3O2. The van der Waals surface area contributed by atoms with E-state index in [9.17, 15) is 23.1 Å². The van der Waals surface area contributed by atoms with E-state index in [4.69, 9.17) is 23.2 Å². The van der Waals surface area contributed by atoms with Crippen molar-refractivity contribution >= 4 is 28.8 Å². The number of fused-ring (bicyclic) bond motifs is 1. The average molecular weight is 466 g/mol. The molecule has 0 saturated carbocycles. The fourth-order valence-electron chi connectivity index (χ4n) is 3.24. The van der Waals surface area contributed by atoms with E-state index in [-0.39, 0.29) is 27.9 Å². The van der Waals surface area contributed by atoms with Crippen LogP contribution in [0.4, 0.5) is 13.2 Å². The van der Waals surface area contributed by atoms with Crippen LogP contribution in [0.2, 0.25) is 10.2 Å². The first-order chi connectivity index (χ1) is 14.7. The van der Waals surface area contributed by atoms with Gasteiger partial charge in [-0.1, -0.05) is 35.3 Å². The summed E-state index contributed by atoms with van der Waals surface area (Å²) < 4.78 is 42.2. The van der Waals surface area contributed by atoms with Crippen molar-refractivity contribution in [1.82, 2.24) is 9.38 Å². The number of hydrogen-bond donors (Lipinski definition) is 0. The molecule has 0 aliphatic rings. The second kappa shape index (κ2) is 7.86. The lowest BCUT2D eigenvalue weighted by atomic mass is 10.0. The maximum Gasteiger partial charge on any atom is 0.416 e. The summed E-state index contributed by atoms with van der Waals surface area (Å²) in [5.74, 6) is -0.771. The van der Waals surface area contributed by atoms with Crippen LogP contribution < -0.4 is 15.2 Å². The van der Waals surface area contributed by atoms with Crippen LogP contribution in [0.25, 0.3) is 16.8 Å². The van der Waals surface area contributed by atoms with Crippen molar-refractivity contribution in [2.45, 2.75) is 12.7 Å². The van der Waals surface area contributed by atoms with E-state index in [1.54, 1.807) is 30.3 Å². The Morgan fingerprint density at radius 2 is 1.87 bits per heavy atom. The molecule has 0 spiro atoms. The van der Waals surface area contributed by atoms with Gasteiger partial charge in [0, 0.05) is 28.4 Å².